The van der Waals surface area contributed by atoms with E-state index < -0.39 is 0 Å². The Bertz CT molecular complexity index is 553. The fraction of sp³-hybridized carbons (Fsp3) is 0.429. The maximum absolute atomic E-state index is 9.69. The van der Waals surface area contributed by atoms with Crippen molar-refractivity contribution in [2.75, 3.05) is 13.1 Å². The number of benzene rings is 1. The third-order valence-corrected chi connectivity index (χ3v) is 3.82. The average molecular weight is 245 g/mol. The second kappa shape index (κ2) is 4.39. The van der Waals surface area contributed by atoms with E-state index in [4.69, 9.17) is 5.73 Å². The summed E-state index contributed by atoms with van der Waals surface area (Å²) in [4.78, 5) is 2.22. The standard InChI is InChI=1S/C14H19N3O/c1-16-6-5-11-10(3-2-4-13(11)16)7-17-8-12(15)14(18)9-17/h2-6,12,14,18H,7-9,15H2,1H3. The lowest BCUT2D eigenvalue weighted by Crippen LogP contribution is -2.32. The first-order valence-electron chi connectivity index (χ1n) is 6.34. The summed E-state index contributed by atoms with van der Waals surface area (Å²) in [7, 11) is 2.06. The number of aryl methyl sites for hydroxylation is 1. The number of nitrogens with two attached hydrogens (primary N) is 1. The second-order valence-corrected chi connectivity index (χ2v) is 5.20. The van der Waals surface area contributed by atoms with Gasteiger partial charge in [0.15, 0.2) is 0 Å². The Kier molecular flexibility index (Phi) is 2.86. The van der Waals surface area contributed by atoms with E-state index in [9.17, 15) is 5.11 Å². The van der Waals surface area contributed by atoms with Crippen molar-refractivity contribution in [3.05, 3.63) is 36.0 Å². The van der Waals surface area contributed by atoms with Crippen LogP contribution in [0.5, 0.6) is 0 Å². The minimum Gasteiger partial charge on any atom is -0.390 e. The van der Waals surface area contributed by atoms with Gasteiger partial charge in [0, 0.05) is 49.8 Å². The summed E-state index contributed by atoms with van der Waals surface area (Å²) in [5.41, 5.74) is 8.39. The normalized spacial score (nSPS) is 25.1. The number of rotatable bonds is 2. The van der Waals surface area contributed by atoms with Crippen LogP contribution in [-0.2, 0) is 13.6 Å². The summed E-state index contributed by atoms with van der Waals surface area (Å²) in [6.07, 6.45) is 1.69. The quantitative estimate of drug-likeness (QED) is 0.818. The van der Waals surface area contributed by atoms with Gasteiger partial charge in [-0.1, -0.05) is 12.1 Å². The van der Waals surface area contributed by atoms with Gasteiger partial charge in [0.2, 0.25) is 0 Å². The van der Waals surface area contributed by atoms with Crippen LogP contribution in [0.15, 0.2) is 30.5 Å². The molecule has 1 aromatic carbocycles. The first-order valence-corrected chi connectivity index (χ1v) is 6.34. The largest absolute Gasteiger partial charge is 0.390 e. The van der Waals surface area contributed by atoms with Gasteiger partial charge in [-0.3, -0.25) is 4.90 Å². The molecule has 0 radical (unpaired) electrons. The maximum atomic E-state index is 9.69. The van der Waals surface area contributed by atoms with E-state index in [1.165, 1.54) is 16.5 Å². The number of hydrogen-bond acceptors (Lipinski definition) is 3. The summed E-state index contributed by atoms with van der Waals surface area (Å²) >= 11 is 0. The number of fused-ring (bicyclic) bond motifs is 1. The Morgan fingerprint density at radius 3 is 2.89 bits per heavy atom. The number of likely N-dealkylation sites (tertiary alicyclic amines) is 1. The van der Waals surface area contributed by atoms with Gasteiger partial charge in [-0.25, -0.2) is 0 Å². The molecule has 96 valence electrons. The van der Waals surface area contributed by atoms with Crippen molar-refractivity contribution < 1.29 is 5.11 Å². The van der Waals surface area contributed by atoms with Gasteiger partial charge in [0.25, 0.3) is 0 Å². The molecule has 2 heterocycles. The topological polar surface area (TPSA) is 54.4 Å². The molecule has 1 aromatic heterocycles. The molecular formula is C14H19N3O. The van der Waals surface area contributed by atoms with E-state index in [0.717, 1.165) is 13.1 Å². The lowest BCUT2D eigenvalue weighted by Gasteiger charge is -2.15. The van der Waals surface area contributed by atoms with Crippen LogP contribution in [0, 0.1) is 0 Å². The van der Waals surface area contributed by atoms with Gasteiger partial charge in [-0.2, -0.15) is 0 Å². The number of hydrogen-bond donors (Lipinski definition) is 2. The lowest BCUT2D eigenvalue weighted by atomic mass is 10.1. The molecule has 4 nitrogen and oxygen atoms in total. The molecule has 1 aliphatic heterocycles. The number of nitrogens with zero attached hydrogens (tertiary/aromatic N) is 2. The monoisotopic (exact) mass is 245 g/mol. The van der Waals surface area contributed by atoms with Crippen LogP contribution in [0.1, 0.15) is 5.56 Å². The van der Waals surface area contributed by atoms with Crippen LogP contribution in [0.25, 0.3) is 10.9 Å². The van der Waals surface area contributed by atoms with E-state index in [2.05, 4.69) is 47.0 Å². The molecule has 0 amide bonds. The Labute approximate surface area is 107 Å². The minimum absolute atomic E-state index is 0.111. The molecule has 1 saturated heterocycles. The van der Waals surface area contributed by atoms with Gasteiger partial charge >= 0.3 is 0 Å². The molecule has 1 fully saturated rings. The second-order valence-electron chi connectivity index (χ2n) is 5.20. The van der Waals surface area contributed by atoms with Crippen molar-refractivity contribution in [3.8, 4) is 0 Å². The van der Waals surface area contributed by atoms with Gasteiger partial charge < -0.3 is 15.4 Å². The first-order chi connectivity index (χ1) is 8.65. The highest BCUT2D eigenvalue weighted by atomic mass is 16.3. The zero-order valence-electron chi connectivity index (χ0n) is 10.6. The highest BCUT2D eigenvalue weighted by Gasteiger charge is 2.28. The summed E-state index contributed by atoms with van der Waals surface area (Å²) < 4.78 is 2.13. The number of aromatic nitrogens is 1. The van der Waals surface area contributed by atoms with Crippen LogP contribution >= 0.6 is 0 Å². The summed E-state index contributed by atoms with van der Waals surface area (Å²) in [5.74, 6) is 0. The van der Waals surface area contributed by atoms with Gasteiger partial charge in [0.05, 0.1) is 6.10 Å². The molecule has 4 heteroatoms. The fourth-order valence-electron chi connectivity index (χ4n) is 2.77. The zero-order chi connectivity index (χ0) is 12.7. The molecule has 3 rings (SSSR count). The molecule has 2 atom stereocenters. The van der Waals surface area contributed by atoms with Crippen LogP contribution < -0.4 is 5.73 Å². The molecule has 1 aliphatic rings. The van der Waals surface area contributed by atoms with Gasteiger partial charge in [0.1, 0.15) is 0 Å². The smallest absolute Gasteiger partial charge is 0.0830 e. The van der Waals surface area contributed by atoms with Crippen molar-refractivity contribution in [1.29, 1.82) is 0 Å². The van der Waals surface area contributed by atoms with Gasteiger partial charge in [-0.15, -0.1) is 0 Å². The van der Waals surface area contributed by atoms with E-state index in [1.807, 2.05) is 0 Å². The van der Waals surface area contributed by atoms with Crippen LogP contribution in [0.3, 0.4) is 0 Å². The third kappa shape index (κ3) is 1.92. The maximum Gasteiger partial charge on any atom is 0.0830 e. The van der Waals surface area contributed by atoms with Crippen molar-refractivity contribution in [3.63, 3.8) is 0 Å². The molecule has 2 aromatic rings. The zero-order valence-corrected chi connectivity index (χ0v) is 10.6. The summed E-state index contributed by atoms with van der Waals surface area (Å²) in [6.45, 7) is 2.29. The predicted molar refractivity (Wildman–Crippen MR) is 72.2 cm³/mol. The summed E-state index contributed by atoms with van der Waals surface area (Å²) in [6, 6.07) is 8.41. The number of β-amino-alcohol motifs (C(OH)–C–C–N with tert-alkyl or cyclic N) is 1. The minimum atomic E-state index is -0.389. The molecule has 18 heavy (non-hydrogen) atoms. The molecule has 0 aliphatic carbocycles. The first kappa shape index (κ1) is 11.7. The third-order valence-electron chi connectivity index (χ3n) is 3.82. The molecule has 3 N–H and O–H groups in total. The van der Waals surface area contributed by atoms with E-state index >= 15 is 0 Å². The Balaban J connectivity index is 1.87. The van der Waals surface area contributed by atoms with E-state index in [0.29, 0.717) is 6.54 Å². The highest BCUT2D eigenvalue weighted by molar-refractivity contribution is 5.83. The van der Waals surface area contributed by atoms with Crippen LogP contribution in [0.2, 0.25) is 0 Å². The molecule has 2 unspecified atom stereocenters. The Hall–Kier alpha value is -1.36. The molecule has 0 bridgehead atoms. The highest BCUT2D eigenvalue weighted by Crippen LogP contribution is 2.22. The Morgan fingerprint density at radius 1 is 1.33 bits per heavy atom. The van der Waals surface area contributed by atoms with Crippen molar-refractivity contribution in [2.45, 2.75) is 18.7 Å². The Morgan fingerprint density at radius 2 is 2.17 bits per heavy atom. The predicted octanol–water partition coefficient (Wildman–Crippen LogP) is 0.682. The average Bonchev–Trinajstić information content (AvgIpc) is 2.86. The SMILES string of the molecule is Cn1ccc2c(CN3CC(N)C(O)C3)cccc21. The number of aliphatic hydroxyl groups is 1. The van der Waals surface area contributed by atoms with E-state index in [1.54, 1.807) is 0 Å². The van der Waals surface area contributed by atoms with Gasteiger partial charge in [-0.05, 0) is 17.7 Å². The van der Waals surface area contributed by atoms with Crippen LogP contribution in [-0.4, -0.2) is 39.8 Å². The molecule has 0 saturated carbocycles. The van der Waals surface area contributed by atoms with E-state index in [-0.39, 0.29) is 12.1 Å². The van der Waals surface area contributed by atoms with Crippen LogP contribution in [0.4, 0.5) is 0 Å². The molecule has 0 spiro atoms. The number of aliphatic hydroxyl groups excluding tert-OH is 1. The summed E-state index contributed by atoms with van der Waals surface area (Å²) in [5, 5.41) is 11.0. The van der Waals surface area contributed by atoms with Crippen molar-refractivity contribution in [2.24, 2.45) is 12.8 Å². The van der Waals surface area contributed by atoms with Crippen molar-refractivity contribution >= 4 is 10.9 Å². The molecular weight excluding hydrogens is 226 g/mol. The fourth-order valence-corrected chi connectivity index (χ4v) is 2.77. The van der Waals surface area contributed by atoms with Crippen molar-refractivity contribution in [1.82, 2.24) is 9.47 Å². The lowest BCUT2D eigenvalue weighted by molar-refractivity contribution is 0.164.